The Labute approximate surface area is 227 Å². The number of hydrogen-bond donors (Lipinski definition) is 0. The molecule has 0 radical (unpaired) electrons. The number of carbonyl (C=O) groups excluding carboxylic acids is 1. The van der Waals surface area contributed by atoms with Crippen LogP contribution in [0.2, 0.25) is 0 Å². The van der Waals surface area contributed by atoms with Crippen LogP contribution in [0, 0.1) is 11.7 Å². The number of aryl methyl sites for hydroxylation is 1. The zero-order valence-electron chi connectivity index (χ0n) is 20.8. The van der Waals surface area contributed by atoms with E-state index in [1.165, 1.54) is 0 Å². The number of alkyl halides is 9. The second-order valence-electron chi connectivity index (χ2n) is 10.7. The van der Waals surface area contributed by atoms with Gasteiger partial charge in [0.2, 0.25) is 11.8 Å². The summed E-state index contributed by atoms with van der Waals surface area (Å²) in [4.78, 5) is 13.9. The smallest absolute Gasteiger partial charge is 0.337 e. The Bertz CT molecular complexity index is 1460. The molecule has 0 N–H and O–H groups in total. The lowest BCUT2D eigenvalue weighted by Crippen LogP contribution is -2.55. The van der Waals surface area contributed by atoms with Crippen LogP contribution in [0.5, 0.6) is 0 Å². The summed E-state index contributed by atoms with van der Waals surface area (Å²) in [6.45, 7) is -0.259. The fourth-order valence-electron chi connectivity index (χ4n) is 6.39. The van der Waals surface area contributed by atoms with Gasteiger partial charge in [0.15, 0.2) is 9.84 Å². The fraction of sp³-hybridized carbons (Fsp3) is 0.500. The molecule has 1 heterocycles. The molecular formula is C26H21F10NO3S. The normalized spacial score (nSPS) is 24.9. The molecule has 0 unspecified atom stereocenters. The number of rotatable bonds is 4. The van der Waals surface area contributed by atoms with Crippen LogP contribution in [-0.2, 0) is 31.5 Å². The summed E-state index contributed by atoms with van der Waals surface area (Å²) in [7, 11) is -4.65. The second-order valence-corrected chi connectivity index (χ2v) is 12.9. The average molecular weight is 618 g/mol. The Morgan fingerprint density at radius 3 is 2.02 bits per heavy atom. The number of hydrogen-bond acceptors (Lipinski definition) is 3. The van der Waals surface area contributed by atoms with Crippen molar-refractivity contribution in [1.82, 2.24) is 4.90 Å². The quantitative estimate of drug-likeness (QED) is 0.296. The maximum absolute atomic E-state index is 14.9. The van der Waals surface area contributed by atoms with E-state index < -0.39 is 85.5 Å². The molecule has 2 fully saturated rings. The van der Waals surface area contributed by atoms with Crippen LogP contribution in [0.25, 0.3) is 0 Å². The van der Waals surface area contributed by atoms with Gasteiger partial charge in [0, 0.05) is 30.9 Å². The van der Waals surface area contributed by atoms with Crippen LogP contribution >= 0.6 is 0 Å². The summed E-state index contributed by atoms with van der Waals surface area (Å²) in [6, 6.07) is 3.55. The molecule has 15 heteroatoms. The monoisotopic (exact) mass is 617 g/mol. The molecule has 2 atom stereocenters. The van der Waals surface area contributed by atoms with Crippen molar-refractivity contribution in [2.45, 2.75) is 71.7 Å². The van der Waals surface area contributed by atoms with Gasteiger partial charge in [0.05, 0.1) is 10.9 Å². The Morgan fingerprint density at radius 1 is 0.902 bits per heavy atom. The van der Waals surface area contributed by atoms with Crippen LogP contribution in [0.3, 0.4) is 0 Å². The third kappa shape index (κ3) is 4.23. The van der Waals surface area contributed by atoms with Gasteiger partial charge in [-0.05, 0) is 54.7 Å². The van der Waals surface area contributed by atoms with Crippen molar-refractivity contribution < 1.29 is 57.1 Å². The molecule has 2 aromatic rings. The molecular weight excluding hydrogens is 596 g/mol. The van der Waals surface area contributed by atoms with E-state index in [4.69, 9.17) is 0 Å². The van der Waals surface area contributed by atoms with Crippen molar-refractivity contribution in [2.75, 3.05) is 6.54 Å². The number of nitrogens with zero attached hydrogens (tertiary/aromatic N) is 1. The van der Waals surface area contributed by atoms with E-state index in [9.17, 15) is 57.1 Å². The fourth-order valence-corrected chi connectivity index (χ4v) is 8.76. The highest BCUT2D eigenvalue weighted by Gasteiger charge is 2.74. The van der Waals surface area contributed by atoms with Crippen LogP contribution in [0.1, 0.15) is 42.4 Å². The van der Waals surface area contributed by atoms with Gasteiger partial charge in [0.25, 0.3) is 0 Å². The maximum Gasteiger partial charge on any atom is 0.435 e. The van der Waals surface area contributed by atoms with Gasteiger partial charge in [-0.25, -0.2) is 26.0 Å². The van der Waals surface area contributed by atoms with E-state index in [1.54, 1.807) is 0 Å². The first-order chi connectivity index (χ1) is 18.8. The van der Waals surface area contributed by atoms with E-state index in [2.05, 4.69) is 0 Å². The lowest BCUT2D eigenvalue weighted by Gasteiger charge is -2.44. The number of amides is 1. The van der Waals surface area contributed by atoms with Crippen molar-refractivity contribution in [3.63, 3.8) is 0 Å². The van der Waals surface area contributed by atoms with Crippen LogP contribution in [-0.4, -0.2) is 50.1 Å². The minimum atomic E-state index is -6.39. The van der Waals surface area contributed by atoms with E-state index in [0.717, 1.165) is 29.2 Å². The van der Waals surface area contributed by atoms with Gasteiger partial charge >= 0.3 is 18.0 Å². The molecule has 2 aliphatic carbocycles. The van der Waals surface area contributed by atoms with Crippen LogP contribution in [0.15, 0.2) is 47.4 Å². The lowest BCUT2D eigenvalue weighted by atomic mass is 9.76. The highest BCUT2D eigenvalue weighted by Crippen LogP contribution is 2.57. The zero-order chi connectivity index (χ0) is 30.4. The van der Waals surface area contributed by atoms with Gasteiger partial charge in [0.1, 0.15) is 10.6 Å². The van der Waals surface area contributed by atoms with E-state index in [0.29, 0.717) is 12.1 Å². The molecule has 1 aliphatic heterocycles. The molecule has 1 saturated heterocycles. The van der Waals surface area contributed by atoms with Gasteiger partial charge in [-0.15, -0.1) is 0 Å². The number of sulfone groups is 1. The summed E-state index contributed by atoms with van der Waals surface area (Å²) >= 11 is 0. The third-order valence-corrected chi connectivity index (χ3v) is 10.9. The van der Waals surface area contributed by atoms with Gasteiger partial charge in [-0.2, -0.15) is 26.3 Å². The molecule has 41 heavy (non-hydrogen) atoms. The number of likely N-dealkylation sites (tertiary alicyclic amines) is 1. The first kappa shape index (κ1) is 29.6. The topological polar surface area (TPSA) is 54.5 Å². The summed E-state index contributed by atoms with van der Waals surface area (Å²) in [5.74, 6) is -5.69. The molecule has 3 aliphatic rings. The number of fused-ring (bicyclic) bond motifs is 3. The summed E-state index contributed by atoms with van der Waals surface area (Å²) in [5, 5.41) is 0. The van der Waals surface area contributed by atoms with Crippen LogP contribution < -0.4 is 0 Å². The largest absolute Gasteiger partial charge is 0.435 e. The molecule has 1 saturated carbocycles. The van der Waals surface area contributed by atoms with Gasteiger partial charge in [-0.1, -0.05) is 18.2 Å². The summed E-state index contributed by atoms with van der Waals surface area (Å²) in [5.41, 5.74) is -8.07. The maximum atomic E-state index is 14.9. The predicted octanol–water partition coefficient (Wildman–Crippen LogP) is 6.38. The Balaban J connectivity index is 1.67. The molecule has 224 valence electrons. The van der Waals surface area contributed by atoms with Crippen molar-refractivity contribution in [3.8, 4) is 0 Å². The lowest BCUT2D eigenvalue weighted by molar-refractivity contribution is -0.348. The minimum Gasteiger partial charge on any atom is -0.337 e. The van der Waals surface area contributed by atoms with Crippen molar-refractivity contribution in [3.05, 3.63) is 65.0 Å². The number of carbonyl (C=O) groups is 1. The standard InChI is InChI=1S/C26H21F10NO3S/c27-17-3-5-18(6-4-17)41(39,40)23-9-10-37(21(38)15-12-22(28,29)13-15)20(23)8-1-14-11-16(2-7-19(14)23)24(30,25(31,32)33)26(34,35)36/h2-7,11,15,20H,1,8-10,12-13H2/t20-,23-/m1/s1. The zero-order valence-corrected chi connectivity index (χ0v) is 21.6. The first-order valence-electron chi connectivity index (χ1n) is 12.4. The molecule has 4 nitrogen and oxygen atoms in total. The van der Waals surface area contributed by atoms with E-state index >= 15 is 0 Å². The summed E-state index contributed by atoms with van der Waals surface area (Å²) in [6.07, 6.45) is -15.3. The van der Waals surface area contributed by atoms with Crippen molar-refractivity contribution in [1.29, 1.82) is 0 Å². The third-order valence-electron chi connectivity index (χ3n) is 8.39. The minimum absolute atomic E-state index is 0.223. The van der Waals surface area contributed by atoms with E-state index in [-0.39, 0.29) is 43.0 Å². The average Bonchev–Trinajstić information content (AvgIpc) is 3.26. The predicted molar refractivity (Wildman–Crippen MR) is 123 cm³/mol. The molecule has 0 spiro atoms. The highest BCUT2D eigenvalue weighted by atomic mass is 32.2. The molecule has 2 aromatic carbocycles. The van der Waals surface area contributed by atoms with Gasteiger partial charge in [-0.3, -0.25) is 4.79 Å². The summed E-state index contributed by atoms with van der Waals surface area (Å²) < 4.78 is 162. The van der Waals surface area contributed by atoms with Crippen molar-refractivity contribution >= 4 is 15.7 Å². The second kappa shape index (κ2) is 9.08. The molecule has 5 rings (SSSR count). The SMILES string of the molecule is O=C(C1CC(F)(F)C1)N1CC[C@@]2(S(=O)(=O)c3ccc(F)cc3)c3ccc(C(F)(C(F)(F)F)C(F)(F)F)cc3CC[C@@H]12. The van der Waals surface area contributed by atoms with E-state index in [1.807, 2.05) is 0 Å². The Hall–Kier alpha value is -2.84. The van der Waals surface area contributed by atoms with Crippen molar-refractivity contribution in [2.24, 2.45) is 5.92 Å². The highest BCUT2D eigenvalue weighted by molar-refractivity contribution is 7.92. The molecule has 0 bridgehead atoms. The van der Waals surface area contributed by atoms with Gasteiger partial charge < -0.3 is 4.90 Å². The number of benzene rings is 2. The molecule has 0 aromatic heterocycles. The number of halogens is 10. The first-order valence-corrected chi connectivity index (χ1v) is 13.9. The Morgan fingerprint density at radius 2 is 1.49 bits per heavy atom. The van der Waals surface area contributed by atoms with Crippen LogP contribution in [0.4, 0.5) is 43.9 Å². The molecule has 1 amide bonds. The Kier molecular flexibility index (Phi) is 6.56.